The summed E-state index contributed by atoms with van der Waals surface area (Å²) in [6.45, 7) is 11.4. The molecule has 0 saturated heterocycles. The minimum atomic E-state index is -0.0574. The molecule has 1 aromatic carbocycles. The number of hydrogen-bond donors (Lipinski definition) is 1. The molecule has 5 nitrogen and oxygen atoms in total. The lowest BCUT2D eigenvalue weighted by Gasteiger charge is -2.19. The molecule has 5 heteroatoms. The number of nitrogens with zero attached hydrogens (tertiary/aromatic N) is 3. The molecule has 2 rings (SSSR count). The third-order valence-electron chi connectivity index (χ3n) is 4.36. The first-order valence-electron chi connectivity index (χ1n) is 9.06. The van der Waals surface area contributed by atoms with Gasteiger partial charge in [-0.1, -0.05) is 32.0 Å². The second kappa shape index (κ2) is 8.60. The summed E-state index contributed by atoms with van der Waals surface area (Å²) in [6.07, 6.45) is 1.87. The number of nitrogens with one attached hydrogen (secondary N) is 1. The van der Waals surface area contributed by atoms with Crippen molar-refractivity contribution in [2.75, 3.05) is 18.4 Å². The Bertz CT molecular complexity index is 716. The highest BCUT2D eigenvalue weighted by molar-refractivity contribution is 5.93. The van der Waals surface area contributed by atoms with E-state index in [2.05, 4.69) is 47.3 Å². The lowest BCUT2D eigenvalue weighted by atomic mass is 10.0. The van der Waals surface area contributed by atoms with Gasteiger partial charge in [-0.25, -0.2) is 9.97 Å². The molecule has 2 aromatic rings. The number of carbonyl (C=O) groups is 1. The van der Waals surface area contributed by atoms with E-state index in [1.165, 1.54) is 11.1 Å². The Labute approximate surface area is 150 Å². The number of rotatable bonds is 7. The summed E-state index contributed by atoms with van der Waals surface area (Å²) in [7, 11) is 0. The molecule has 0 unspecified atom stereocenters. The molecule has 0 fully saturated rings. The van der Waals surface area contributed by atoms with Crippen molar-refractivity contribution in [1.29, 1.82) is 0 Å². The van der Waals surface area contributed by atoms with Crippen molar-refractivity contribution in [2.45, 2.75) is 47.5 Å². The molecule has 1 heterocycles. The summed E-state index contributed by atoms with van der Waals surface area (Å²) in [5.74, 6) is 1.20. The molecular weight excluding hydrogens is 312 g/mol. The first kappa shape index (κ1) is 18.9. The third kappa shape index (κ3) is 4.35. The highest BCUT2D eigenvalue weighted by Crippen LogP contribution is 2.26. The van der Waals surface area contributed by atoms with E-state index in [9.17, 15) is 4.79 Å². The summed E-state index contributed by atoms with van der Waals surface area (Å²) in [6, 6.07) is 8.08. The van der Waals surface area contributed by atoms with Crippen molar-refractivity contribution < 1.29 is 4.79 Å². The maximum absolute atomic E-state index is 12.6. The minimum absolute atomic E-state index is 0.0574. The molecule has 25 heavy (non-hydrogen) atoms. The second-order valence-electron chi connectivity index (χ2n) is 5.95. The van der Waals surface area contributed by atoms with E-state index in [0.717, 1.165) is 18.5 Å². The molecule has 1 amide bonds. The second-order valence-corrected chi connectivity index (χ2v) is 5.95. The molecule has 0 aliphatic carbocycles. The average Bonchev–Trinajstić information content (AvgIpc) is 2.62. The molecule has 1 aromatic heterocycles. The van der Waals surface area contributed by atoms with E-state index in [1.54, 1.807) is 11.0 Å². The Morgan fingerprint density at radius 3 is 2.16 bits per heavy atom. The number of anilines is 2. The molecule has 0 spiro atoms. The van der Waals surface area contributed by atoms with Gasteiger partial charge in [0.1, 0.15) is 17.3 Å². The highest BCUT2D eigenvalue weighted by Gasteiger charge is 2.16. The SMILES string of the molecule is CCc1cccc(CC)c1Nc1cc(C(=O)N(CC)CC)nc(C)n1. The number of para-hydroxylation sites is 1. The summed E-state index contributed by atoms with van der Waals surface area (Å²) in [5, 5.41) is 3.43. The van der Waals surface area contributed by atoms with Gasteiger partial charge in [0.05, 0.1) is 0 Å². The van der Waals surface area contributed by atoms with Crippen LogP contribution in [-0.4, -0.2) is 33.9 Å². The predicted octanol–water partition coefficient (Wildman–Crippen LogP) is 4.14. The summed E-state index contributed by atoms with van der Waals surface area (Å²) >= 11 is 0. The Hall–Kier alpha value is -2.43. The van der Waals surface area contributed by atoms with Crippen LogP contribution in [0.4, 0.5) is 11.5 Å². The smallest absolute Gasteiger partial charge is 0.272 e. The average molecular weight is 340 g/mol. The fourth-order valence-electron chi connectivity index (χ4n) is 2.95. The van der Waals surface area contributed by atoms with E-state index in [4.69, 9.17) is 0 Å². The Kier molecular flexibility index (Phi) is 6.51. The molecule has 0 atom stereocenters. The zero-order chi connectivity index (χ0) is 18.4. The van der Waals surface area contributed by atoms with Crippen LogP contribution in [0.15, 0.2) is 24.3 Å². The van der Waals surface area contributed by atoms with E-state index < -0.39 is 0 Å². The first-order valence-corrected chi connectivity index (χ1v) is 9.06. The van der Waals surface area contributed by atoms with Crippen molar-refractivity contribution in [3.63, 3.8) is 0 Å². The zero-order valence-corrected chi connectivity index (χ0v) is 15.9. The molecule has 0 saturated carbocycles. The molecule has 0 aliphatic heterocycles. The summed E-state index contributed by atoms with van der Waals surface area (Å²) < 4.78 is 0. The van der Waals surface area contributed by atoms with Gasteiger partial charge in [0.25, 0.3) is 5.91 Å². The summed E-state index contributed by atoms with van der Waals surface area (Å²) in [4.78, 5) is 23.2. The van der Waals surface area contributed by atoms with Crippen molar-refractivity contribution in [2.24, 2.45) is 0 Å². The maximum Gasteiger partial charge on any atom is 0.272 e. The topological polar surface area (TPSA) is 58.1 Å². The lowest BCUT2D eigenvalue weighted by Crippen LogP contribution is -2.31. The Morgan fingerprint density at radius 2 is 1.64 bits per heavy atom. The number of aryl methyl sites for hydroxylation is 3. The third-order valence-corrected chi connectivity index (χ3v) is 4.36. The van der Waals surface area contributed by atoms with Crippen LogP contribution < -0.4 is 5.32 Å². The minimum Gasteiger partial charge on any atom is -0.340 e. The molecule has 1 N–H and O–H groups in total. The van der Waals surface area contributed by atoms with Gasteiger partial charge in [0.15, 0.2) is 0 Å². The van der Waals surface area contributed by atoms with Gasteiger partial charge in [0.2, 0.25) is 0 Å². The monoisotopic (exact) mass is 340 g/mol. The van der Waals surface area contributed by atoms with Crippen LogP contribution in [0.5, 0.6) is 0 Å². The van der Waals surface area contributed by atoms with Crippen LogP contribution in [0.2, 0.25) is 0 Å². The largest absolute Gasteiger partial charge is 0.340 e. The van der Waals surface area contributed by atoms with Crippen LogP contribution in [-0.2, 0) is 12.8 Å². The highest BCUT2D eigenvalue weighted by atomic mass is 16.2. The normalized spacial score (nSPS) is 10.6. The van der Waals surface area contributed by atoms with Crippen LogP contribution >= 0.6 is 0 Å². The van der Waals surface area contributed by atoms with Crippen LogP contribution in [0.1, 0.15) is 55.1 Å². The quantitative estimate of drug-likeness (QED) is 0.823. The number of benzene rings is 1. The van der Waals surface area contributed by atoms with Crippen molar-refractivity contribution in [3.8, 4) is 0 Å². The fraction of sp³-hybridized carbons (Fsp3) is 0.450. The van der Waals surface area contributed by atoms with E-state index in [-0.39, 0.29) is 5.91 Å². The molecule has 134 valence electrons. The van der Waals surface area contributed by atoms with Gasteiger partial charge in [-0.3, -0.25) is 4.79 Å². The first-order chi connectivity index (χ1) is 12.0. The van der Waals surface area contributed by atoms with Gasteiger partial charge >= 0.3 is 0 Å². The van der Waals surface area contributed by atoms with Crippen molar-refractivity contribution >= 4 is 17.4 Å². The predicted molar refractivity (Wildman–Crippen MR) is 103 cm³/mol. The molecule has 0 bridgehead atoms. The Morgan fingerprint density at radius 1 is 1.04 bits per heavy atom. The Balaban J connectivity index is 2.40. The fourth-order valence-corrected chi connectivity index (χ4v) is 2.95. The van der Waals surface area contributed by atoms with Gasteiger partial charge in [-0.15, -0.1) is 0 Å². The van der Waals surface area contributed by atoms with E-state index >= 15 is 0 Å². The molecular formula is C20H28N4O. The number of aromatic nitrogens is 2. The van der Waals surface area contributed by atoms with Gasteiger partial charge < -0.3 is 10.2 Å². The number of hydrogen-bond acceptors (Lipinski definition) is 4. The van der Waals surface area contributed by atoms with Gasteiger partial charge in [-0.2, -0.15) is 0 Å². The van der Waals surface area contributed by atoms with Crippen LogP contribution in [0.25, 0.3) is 0 Å². The van der Waals surface area contributed by atoms with Crippen LogP contribution in [0, 0.1) is 6.92 Å². The lowest BCUT2D eigenvalue weighted by molar-refractivity contribution is 0.0766. The van der Waals surface area contributed by atoms with Gasteiger partial charge in [0, 0.05) is 24.8 Å². The standard InChI is InChI=1S/C20H28N4O/c1-6-15-11-10-12-16(7-2)19(15)23-18-13-17(21-14(5)22-18)20(25)24(8-3)9-4/h10-13H,6-9H2,1-5H3,(H,21,22,23). The number of amides is 1. The van der Waals surface area contributed by atoms with E-state index in [0.29, 0.717) is 30.4 Å². The van der Waals surface area contributed by atoms with E-state index in [1.807, 2.05) is 20.8 Å². The van der Waals surface area contributed by atoms with Crippen LogP contribution in [0.3, 0.4) is 0 Å². The molecule has 0 aliphatic rings. The van der Waals surface area contributed by atoms with Crippen molar-refractivity contribution in [3.05, 3.63) is 46.9 Å². The zero-order valence-electron chi connectivity index (χ0n) is 15.9. The van der Waals surface area contributed by atoms with Crippen molar-refractivity contribution in [1.82, 2.24) is 14.9 Å². The summed E-state index contributed by atoms with van der Waals surface area (Å²) in [5.41, 5.74) is 4.01. The maximum atomic E-state index is 12.6. The molecule has 0 radical (unpaired) electrons. The van der Waals surface area contributed by atoms with Gasteiger partial charge in [-0.05, 0) is 44.7 Å². The number of carbonyl (C=O) groups excluding carboxylic acids is 1.